The largest absolute Gasteiger partial charge is 0.287 e. The van der Waals surface area contributed by atoms with Crippen LogP contribution in [-0.4, -0.2) is 19.7 Å². The predicted octanol–water partition coefficient (Wildman–Crippen LogP) is 2.10. The van der Waals surface area contributed by atoms with E-state index < -0.39 is 4.92 Å². The summed E-state index contributed by atoms with van der Waals surface area (Å²) in [6.45, 7) is 5.85. The number of hydrogen-bond acceptors (Lipinski definition) is 4. The lowest BCUT2D eigenvalue weighted by Crippen LogP contribution is -2.02. The van der Waals surface area contributed by atoms with E-state index in [1.54, 1.807) is 10.7 Å². The van der Waals surface area contributed by atoms with Crippen LogP contribution >= 0.6 is 0 Å². The molecule has 0 bridgehead atoms. The van der Waals surface area contributed by atoms with Gasteiger partial charge in [0, 0.05) is 11.8 Å². The van der Waals surface area contributed by atoms with Crippen molar-refractivity contribution in [2.45, 2.75) is 20.8 Å². The molecule has 0 radical (unpaired) electrons. The Hall–Kier alpha value is -2.24. The number of nitrogens with zero attached hydrogens (tertiary/aromatic N) is 4. The Bertz CT molecular complexity index is 572. The van der Waals surface area contributed by atoms with Crippen LogP contribution in [0.15, 0.2) is 18.3 Å². The summed E-state index contributed by atoms with van der Waals surface area (Å²) in [5.41, 5.74) is 3.00. The molecule has 0 N–H and O–H groups in total. The molecule has 0 spiro atoms. The standard InChI is InChI=1S/C11H12N4O2/c1-7-8(2)13-14(9(7)3)11-5-4-10(6-12-11)15(16)17/h4-6H,1-3H3. The SMILES string of the molecule is Cc1nn(-c2ccc([N+](=O)[O-])cn2)c(C)c1C. The highest BCUT2D eigenvalue weighted by Gasteiger charge is 2.11. The van der Waals surface area contributed by atoms with Crippen LogP contribution in [0.3, 0.4) is 0 Å². The molecule has 17 heavy (non-hydrogen) atoms. The molecular formula is C11H12N4O2. The van der Waals surface area contributed by atoms with Gasteiger partial charge in [-0.1, -0.05) is 0 Å². The maximum Gasteiger partial charge on any atom is 0.287 e. The third-order valence-corrected chi connectivity index (χ3v) is 2.81. The molecule has 88 valence electrons. The van der Waals surface area contributed by atoms with Crippen molar-refractivity contribution in [2.24, 2.45) is 0 Å². The van der Waals surface area contributed by atoms with Crippen LogP contribution in [-0.2, 0) is 0 Å². The van der Waals surface area contributed by atoms with Crippen molar-refractivity contribution < 1.29 is 4.92 Å². The number of aromatic nitrogens is 3. The van der Waals surface area contributed by atoms with E-state index in [0.29, 0.717) is 5.82 Å². The molecule has 2 aromatic rings. The maximum atomic E-state index is 10.5. The minimum Gasteiger partial charge on any atom is -0.258 e. The first kappa shape index (κ1) is 11.3. The highest BCUT2D eigenvalue weighted by Crippen LogP contribution is 2.17. The molecule has 2 heterocycles. The van der Waals surface area contributed by atoms with Crippen molar-refractivity contribution in [3.8, 4) is 5.82 Å². The number of hydrogen-bond donors (Lipinski definition) is 0. The monoisotopic (exact) mass is 232 g/mol. The van der Waals surface area contributed by atoms with Gasteiger partial charge in [0.15, 0.2) is 5.82 Å². The molecule has 2 rings (SSSR count). The van der Waals surface area contributed by atoms with Gasteiger partial charge in [-0.25, -0.2) is 9.67 Å². The third kappa shape index (κ3) is 1.89. The molecule has 2 aromatic heterocycles. The lowest BCUT2D eigenvalue weighted by Gasteiger charge is -2.02. The summed E-state index contributed by atoms with van der Waals surface area (Å²) in [5.74, 6) is 0.587. The van der Waals surface area contributed by atoms with Crippen molar-refractivity contribution in [3.05, 3.63) is 45.4 Å². The molecule has 6 heteroatoms. The van der Waals surface area contributed by atoms with E-state index in [1.165, 1.54) is 12.3 Å². The van der Waals surface area contributed by atoms with Gasteiger partial charge < -0.3 is 0 Å². The lowest BCUT2D eigenvalue weighted by molar-refractivity contribution is -0.385. The zero-order chi connectivity index (χ0) is 12.6. The van der Waals surface area contributed by atoms with Crippen LogP contribution in [0, 0.1) is 30.9 Å². The Morgan fingerprint density at radius 1 is 1.29 bits per heavy atom. The van der Waals surface area contributed by atoms with E-state index in [1.807, 2.05) is 20.8 Å². The van der Waals surface area contributed by atoms with Crippen molar-refractivity contribution in [1.29, 1.82) is 0 Å². The summed E-state index contributed by atoms with van der Waals surface area (Å²) in [6, 6.07) is 3.02. The van der Waals surface area contributed by atoms with Crippen molar-refractivity contribution in [1.82, 2.24) is 14.8 Å². The fourth-order valence-corrected chi connectivity index (χ4v) is 1.56. The second-order valence-electron chi connectivity index (χ2n) is 3.84. The van der Waals surface area contributed by atoms with Gasteiger partial charge >= 0.3 is 0 Å². The van der Waals surface area contributed by atoms with Gasteiger partial charge in [-0.2, -0.15) is 5.10 Å². The first-order valence-corrected chi connectivity index (χ1v) is 5.14. The maximum absolute atomic E-state index is 10.5. The van der Waals surface area contributed by atoms with Gasteiger partial charge in [-0.15, -0.1) is 0 Å². The topological polar surface area (TPSA) is 73.8 Å². The van der Waals surface area contributed by atoms with E-state index in [9.17, 15) is 10.1 Å². The summed E-state index contributed by atoms with van der Waals surface area (Å²) in [6.07, 6.45) is 1.24. The molecule has 0 saturated heterocycles. The molecule has 0 fully saturated rings. The fourth-order valence-electron chi connectivity index (χ4n) is 1.56. The fraction of sp³-hybridized carbons (Fsp3) is 0.273. The quantitative estimate of drug-likeness (QED) is 0.587. The van der Waals surface area contributed by atoms with Gasteiger partial charge in [0.05, 0.1) is 10.6 Å². The first-order valence-electron chi connectivity index (χ1n) is 5.14. The highest BCUT2D eigenvalue weighted by atomic mass is 16.6. The van der Waals surface area contributed by atoms with E-state index >= 15 is 0 Å². The Balaban J connectivity index is 2.47. The van der Waals surface area contributed by atoms with Gasteiger partial charge in [0.25, 0.3) is 5.69 Å². The molecule has 0 unspecified atom stereocenters. The van der Waals surface area contributed by atoms with Crippen LogP contribution in [0.5, 0.6) is 0 Å². The van der Waals surface area contributed by atoms with Gasteiger partial charge in [0.1, 0.15) is 6.20 Å². The van der Waals surface area contributed by atoms with Crippen molar-refractivity contribution >= 4 is 5.69 Å². The Kier molecular flexibility index (Phi) is 2.63. The van der Waals surface area contributed by atoms with Gasteiger partial charge in [-0.3, -0.25) is 10.1 Å². The Morgan fingerprint density at radius 3 is 2.41 bits per heavy atom. The third-order valence-electron chi connectivity index (χ3n) is 2.81. The van der Waals surface area contributed by atoms with E-state index in [2.05, 4.69) is 10.1 Å². The van der Waals surface area contributed by atoms with Crippen LogP contribution < -0.4 is 0 Å². The normalized spacial score (nSPS) is 10.5. The van der Waals surface area contributed by atoms with Crippen LogP contribution in [0.4, 0.5) is 5.69 Å². The Labute approximate surface area is 98.1 Å². The number of rotatable bonds is 2. The van der Waals surface area contributed by atoms with E-state index in [4.69, 9.17) is 0 Å². The zero-order valence-electron chi connectivity index (χ0n) is 9.84. The molecule has 0 aliphatic heterocycles. The average molecular weight is 232 g/mol. The number of pyridine rings is 1. The molecular weight excluding hydrogens is 220 g/mol. The lowest BCUT2D eigenvalue weighted by atomic mass is 10.2. The highest BCUT2D eigenvalue weighted by molar-refractivity contribution is 5.36. The minimum absolute atomic E-state index is 0.0213. The molecule has 0 aromatic carbocycles. The summed E-state index contributed by atoms with van der Waals surface area (Å²) in [5, 5.41) is 14.9. The van der Waals surface area contributed by atoms with Gasteiger partial charge in [-0.05, 0) is 32.4 Å². The number of aryl methyl sites for hydroxylation is 1. The molecule has 0 atom stereocenters. The average Bonchev–Trinajstić information content (AvgIpc) is 2.57. The molecule has 0 saturated carbocycles. The summed E-state index contributed by atoms with van der Waals surface area (Å²) >= 11 is 0. The van der Waals surface area contributed by atoms with Crippen LogP contribution in [0.1, 0.15) is 17.0 Å². The second-order valence-corrected chi connectivity index (χ2v) is 3.84. The van der Waals surface area contributed by atoms with Crippen LogP contribution in [0.2, 0.25) is 0 Å². The zero-order valence-corrected chi connectivity index (χ0v) is 9.84. The minimum atomic E-state index is -0.469. The molecule has 6 nitrogen and oxygen atoms in total. The Morgan fingerprint density at radius 2 is 2.00 bits per heavy atom. The van der Waals surface area contributed by atoms with E-state index in [-0.39, 0.29) is 5.69 Å². The first-order chi connectivity index (χ1) is 8.00. The smallest absolute Gasteiger partial charge is 0.258 e. The molecule has 0 amide bonds. The molecule has 0 aliphatic carbocycles. The molecule has 0 aliphatic rings. The second kappa shape index (κ2) is 3.97. The van der Waals surface area contributed by atoms with E-state index in [0.717, 1.165) is 17.0 Å². The summed E-state index contributed by atoms with van der Waals surface area (Å²) in [4.78, 5) is 14.1. The predicted molar refractivity (Wildman–Crippen MR) is 62.2 cm³/mol. The van der Waals surface area contributed by atoms with Crippen LogP contribution in [0.25, 0.3) is 5.82 Å². The van der Waals surface area contributed by atoms with Crippen molar-refractivity contribution in [2.75, 3.05) is 0 Å². The number of nitro groups is 1. The summed E-state index contributed by atoms with van der Waals surface area (Å²) < 4.78 is 1.69. The summed E-state index contributed by atoms with van der Waals surface area (Å²) in [7, 11) is 0. The van der Waals surface area contributed by atoms with Crippen molar-refractivity contribution in [3.63, 3.8) is 0 Å². The van der Waals surface area contributed by atoms with Gasteiger partial charge in [0.2, 0.25) is 0 Å².